The number of hydrogen-bond donors (Lipinski definition) is 1. The molecule has 0 unspecified atom stereocenters. The molecule has 0 atom stereocenters. The van der Waals surface area contributed by atoms with Gasteiger partial charge in [-0.1, -0.05) is 6.07 Å². The largest absolute Gasteiger partial charge is 0.497 e. The van der Waals surface area contributed by atoms with Crippen molar-refractivity contribution < 1.29 is 4.74 Å². The van der Waals surface area contributed by atoms with Crippen LogP contribution in [0.25, 0.3) is 0 Å². The standard InChI is InChI=1S/C15H23N3O/c1-19-15-4-2-3-13(11-15)17-5-7-18(8-6-17)14-9-12(16)10-14/h2-4,11-12,14H,5-10,16H2,1H3. The smallest absolute Gasteiger partial charge is 0.120 e. The Kier molecular flexibility index (Phi) is 3.62. The van der Waals surface area contributed by atoms with Crippen molar-refractivity contribution in [2.75, 3.05) is 38.2 Å². The molecule has 2 fully saturated rings. The van der Waals surface area contributed by atoms with E-state index in [1.54, 1.807) is 7.11 Å². The van der Waals surface area contributed by atoms with Gasteiger partial charge in [-0.25, -0.2) is 0 Å². The first-order valence-corrected chi connectivity index (χ1v) is 7.15. The SMILES string of the molecule is COc1cccc(N2CCN(C3CC(N)C3)CC2)c1. The first kappa shape index (κ1) is 12.8. The van der Waals surface area contributed by atoms with Crippen molar-refractivity contribution >= 4 is 5.69 Å². The van der Waals surface area contributed by atoms with E-state index in [1.165, 1.54) is 18.5 Å². The minimum atomic E-state index is 0.446. The van der Waals surface area contributed by atoms with Crippen LogP contribution in [0.4, 0.5) is 5.69 Å². The molecule has 2 aliphatic rings. The van der Waals surface area contributed by atoms with Crippen LogP contribution < -0.4 is 15.4 Å². The summed E-state index contributed by atoms with van der Waals surface area (Å²) < 4.78 is 5.29. The lowest BCUT2D eigenvalue weighted by molar-refractivity contribution is 0.104. The summed E-state index contributed by atoms with van der Waals surface area (Å²) in [5.74, 6) is 0.935. The van der Waals surface area contributed by atoms with E-state index in [9.17, 15) is 0 Å². The summed E-state index contributed by atoms with van der Waals surface area (Å²) in [5.41, 5.74) is 7.14. The Labute approximate surface area is 115 Å². The topological polar surface area (TPSA) is 41.7 Å². The average molecular weight is 261 g/mol. The van der Waals surface area contributed by atoms with Gasteiger partial charge in [0.2, 0.25) is 0 Å². The molecular formula is C15H23N3O. The lowest BCUT2D eigenvalue weighted by atomic mass is 9.86. The van der Waals surface area contributed by atoms with Gasteiger partial charge in [0.05, 0.1) is 7.11 Å². The van der Waals surface area contributed by atoms with Gasteiger partial charge in [0.25, 0.3) is 0 Å². The van der Waals surface area contributed by atoms with Gasteiger partial charge >= 0.3 is 0 Å². The molecule has 104 valence electrons. The first-order chi connectivity index (χ1) is 9.26. The van der Waals surface area contributed by atoms with Crippen LogP contribution in [0, 0.1) is 0 Å². The number of piperazine rings is 1. The molecule has 1 aromatic carbocycles. The van der Waals surface area contributed by atoms with Gasteiger partial charge in [0.1, 0.15) is 5.75 Å². The number of benzene rings is 1. The zero-order chi connectivity index (χ0) is 13.2. The zero-order valence-corrected chi connectivity index (χ0v) is 11.6. The van der Waals surface area contributed by atoms with Crippen molar-refractivity contribution in [2.24, 2.45) is 5.73 Å². The van der Waals surface area contributed by atoms with Crippen molar-refractivity contribution in [3.63, 3.8) is 0 Å². The number of ether oxygens (including phenoxy) is 1. The van der Waals surface area contributed by atoms with Crippen molar-refractivity contribution in [3.05, 3.63) is 24.3 Å². The Morgan fingerprint density at radius 3 is 2.53 bits per heavy atom. The van der Waals surface area contributed by atoms with E-state index in [4.69, 9.17) is 10.5 Å². The molecule has 1 aliphatic carbocycles. The molecule has 1 aliphatic heterocycles. The maximum absolute atomic E-state index is 5.87. The van der Waals surface area contributed by atoms with Gasteiger partial charge in [-0.15, -0.1) is 0 Å². The number of nitrogens with two attached hydrogens (primary N) is 1. The van der Waals surface area contributed by atoms with Crippen molar-refractivity contribution in [1.82, 2.24) is 4.90 Å². The number of rotatable bonds is 3. The summed E-state index contributed by atoms with van der Waals surface area (Å²) in [5, 5.41) is 0. The highest BCUT2D eigenvalue weighted by atomic mass is 16.5. The monoisotopic (exact) mass is 261 g/mol. The lowest BCUT2D eigenvalue weighted by Gasteiger charge is -2.45. The molecule has 0 radical (unpaired) electrons. The van der Waals surface area contributed by atoms with E-state index >= 15 is 0 Å². The van der Waals surface area contributed by atoms with Crippen LogP contribution >= 0.6 is 0 Å². The second kappa shape index (κ2) is 5.39. The van der Waals surface area contributed by atoms with Gasteiger partial charge in [-0.05, 0) is 25.0 Å². The fraction of sp³-hybridized carbons (Fsp3) is 0.600. The fourth-order valence-corrected chi connectivity index (χ4v) is 3.08. The predicted molar refractivity (Wildman–Crippen MR) is 77.8 cm³/mol. The van der Waals surface area contributed by atoms with E-state index in [0.29, 0.717) is 6.04 Å². The van der Waals surface area contributed by atoms with Crippen LogP contribution in [0.5, 0.6) is 5.75 Å². The highest BCUT2D eigenvalue weighted by molar-refractivity contribution is 5.51. The van der Waals surface area contributed by atoms with E-state index in [1.807, 2.05) is 6.07 Å². The van der Waals surface area contributed by atoms with E-state index in [2.05, 4.69) is 28.0 Å². The Balaban J connectivity index is 1.57. The Morgan fingerprint density at radius 1 is 1.16 bits per heavy atom. The van der Waals surface area contributed by atoms with Crippen LogP contribution in [0.3, 0.4) is 0 Å². The number of nitrogens with zero attached hydrogens (tertiary/aromatic N) is 2. The number of methoxy groups -OCH3 is 1. The molecule has 0 bridgehead atoms. The normalized spacial score (nSPS) is 28.0. The molecule has 1 aromatic rings. The average Bonchev–Trinajstić information content (AvgIpc) is 2.44. The van der Waals surface area contributed by atoms with Crippen molar-refractivity contribution in [3.8, 4) is 5.75 Å². The van der Waals surface area contributed by atoms with Crippen LogP contribution in [0.1, 0.15) is 12.8 Å². The van der Waals surface area contributed by atoms with Gasteiger partial charge < -0.3 is 15.4 Å². The molecule has 1 heterocycles. The minimum Gasteiger partial charge on any atom is -0.497 e. The second-order valence-electron chi connectivity index (χ2n) is 5.61. The molecule has 1 saturated carbocycles. The van der Waals surface area contributed by atoms with Crippen molar-refractivity contribution in [2.45, 2.75) is 24.9 Å². The molecule has 0 spiro atoms. The molecule has 3 rings (SSSR count). The molecule has 19 heavy (non-hydrogen) atoms. The third-order valence-corrected chi connectivity index (χ3v) is 4.40. The quantitative estimate of drug-likeness (QED) is 0.891. The Morgan fingerprint density at radius 2 is 1.89 bits per heavy atom. The van der Waals surface area contributed by atoms with Crippen LogP contribution in [0.15, 0.2) is 24.3 Å². The van der Waals surface area contributed by atoms with E-state index < -0.39 is 0 Å². The minimum absolute atomic E-state index is 0.446. The van der Waals surface area contributed by atoms with E-state index in [-0.39, 0.29) is 0 Å². The Hall–Kier alpha value is -1.26. The van der Waals surface area contributed by atoms with Crippen molar-refractivity contribution in [1.29, 1.82) is 0 Å². The van der Waals surface area contributed by atoms with E-state index in [0.717, 1.165) is 38.0 Å². The maximum Gasteiger partial charge on any atom is 0.120 e. The lowest BCUT2D eigenvalue weighted by Crippen LogP contribution is -2.56. The summed E-state index contributed by atoms with van der Waals surface area (Å²) in [6.07, 6.45) is 2.36. The number of anilines is 1. The molecule has 1 saturated heterocycles. The third-order valence-electron chi connectivity index (χ3n) is 4.40. The predicted octanol–water partition coefficient (Wildman–Crippen LogP) is 1.31. The summed E-state index contributed by atoms with van der Waals surface area (Å²) in [6.45, 7) is 4.49. The van der Waals surface area contributed by atoms with Gasteiger partial charge in [0.15, 0.2) is 0 Å². The highest BCUT2D eigenvalue weighted by Crippen LogP contribution is 2.27. The first-order valence-electron chi connectivity index (χ1n) is 7.15. The summed E-state index contributed by atoms with van der Waals surface area (Å²) >= 11 is 0. The van der Waals surface area contributed by atoms with Crippen LogP contribution in [-0.4, -0.2) is 50.3 Å². The molecule has 4 nitrogen and oxygen atoms in total. The summed E-state index contributed by atoms with van der Waals surface area (Å²) in [6, 6.07) is 9.52. The van der Waals surface area contributed by atoms with Gasteiger partial charge in [0, 0.05) is 50.0 Å². The summed E-state index contributed by atoms with van der Waals surface area (Å²) in [7, 11) is 1.72. The fourth-order valence-electron chi connectivity index (χ4n) is 3.08. The molecule has 4 heteroatoms. The van der Waals surface area contributed by atoms with Crippen LogP contribution in [0.2, 0.25) is 0 Å². The highest BCUT2D eigenvalue weighted by Gasteiger charge is 2.32. The third kappa shape index (κ3) is 2.69. The molecule has 0 amide bonds. The number of hydrogen-bond acceptors (Lipinski definition) is 4. The zero-order valence-electron chi connectivity index (χ0n) is 11.6. The second-order valence-corrected chi connectivity index (χ2v) is 5.61. The van der Waals surface area contributed by atoms with Gasteiger partial charge in [-0.3, -0.25) is 4.90 Å². The molecule has 2 N–H and O–H groups in total. The molecular weight excluding hydrogens is 238 g/mol. The van der Waals surface area contributed by atoms with Gasteiger partial charge in [-0.2, -0.15) is 0 Å². The Bertz CT molecular complexity index is 423. The summed E-state index contributed by atoms with van der Waals surface area (Å²) in [4.78, 5) is 5.04. The molecule has 0 aromatic heterocycles. The van der Waals surface area contributed by atoms with Crippen LogP contribution in [-0.2, 0) is 0 Å². The maximum atomic E-state index is 5.87.